The molecule has 2 N–H and O–H groups in total. The molecule has 0 aliphatic carbocycles. The second kappa shape index (κ2) is 2.88. The molecule has 1 fully saturated rings. The van der Waals surface area contributed by atoms with Crippen LogP contribution in [0.25, 0.3) is 0 Å². The van der Waals surface area contributed by atoms with Crippen molar-refractivity contribution < 1.29 is 9.90 Å². The molecule has 4 nitrogen and oxygen atoms in total. The Morgan fingerprint density at radius 3 is 2.80 bits per heavy atom. The zero-order valence-corrected chi connectivity index (χ0v) is 6.00. The van der Waals surface area contributed by atoms with Crippen molar-refractivity contribution in [3.05, 3.63) is 0 Å². The standard InChI is InChI=1S/C6H12N2O2/c1-7-5-2-3-8(4-5)6(9)10/h5,7H,2-4H2,1H3,(H,9,10). The molecule has 10 heavy (non-hydrogen) atoms. The van der Waals surface area contributed by atoms with Gasteiger partial charge in [-0.3, -0.25) is 0 Å². The summed E-state index contributed by atoms with van der Waals surface area (Å²) in [7, 11) is 1.86. The molecule has 1 aliphatic rings. The van der Waals surface area contributed by atoms with Gasteiger partial charge in [0.15, 0.2) is 0 Å². The number of hydrogen-bond donors (Lipinski definition) is 2. The maximum atomic E-state index is 10.4. The average molecular weight is 144 g/mol. The molecular weight excluding hydrogens is 132 g/mol. The second-order valence-corrected chi connectivity index (χ2v) is 2.50. The smallest absolute Gasteiger partial charge is 0.407 e. The summed E-state index contributed by atoms with van der Waals surface area (Å²) in [5.74, 6) is 0. The molecule has 4 heteroatoms. The predicted molar refractivity (Wildman–Crippen MR) is 37.1 cm³/mol. The Balaban J connectivity index is 2.35. The lowest BCUT2D eigenvalue weighted by Gasteiger charge is -2.10. The lowest BCUT2D eigenvalue weighted by Crippen LogP contribution is -2.32. The van der Waals surface area contributed by atoms with Gasteiger partial charge in [-0.2, -0.15) is 0 Å². The van der Waals surface area contributed by atoms with Gasteiger partial charge in [-0.1, -0.05) is 0 Å². The van der Waals surface area contributed by atoms with E-state index in [0.717, 1.165) is 6.42 Å². The molecule has 1 saturated heterocycles. The van der Waals surface area contributed by atoms with Gasteiger partial charge in [-0.05, 0) is 13.5 Å². The van der Waals surface area contributed by atoms with E-state index in [9.17, 15) is 4.79 Å². The first kappa shape index (κ1) is 7.34. The Kier molecular flexibility index (Phi) is 2.11. The van der Waals surface area contributed by atoms with Crippen molar-refractivity contribution in [3.63, 3.8) is 0 Å². The molecule has 1 heterocycles. The van der Waals surface area contributed by atoms with Gasteiger partial charge in [0.2, 0.25) is 0 Å². The number of nitrogens with zero attached hydrogens (tertiary/aromatic N) is 1. The van der Waals surface area contributed by atoms with E-state index in [1.54, 1.807) is 0 Å². The maximum Gasteiger partial charge on any atom is 0.407 e. The summed E-state index contributed by atoms with van der Waals surface area (Å²) in [5, 5.41) is 11.6. The molecule has 1 atom stereocenters. The molecule has 0 aromatic rings. The highest BCUT2D eigenvalue weighted by molar-refractivity contribution is 5.65. The van der Waals surface area contributed by atoms with Crippen molar-refractivity contribution in [2.75, 3.05) is 20.1 Å². The van der Waals surface area contributed by atoms with E-state index < -0.39 is 6.09 Å². The Morgan fingerprint density at radius 1 is 1.80 bits per heavy atom. The summed E-state index contributed by atoms with van der Waals surface area (Å²) in [6.45, 7) is 1.30. The minimum absolute atomic E-state index is 0.357. The van der Waals surface area contributed by atoms with Crippen LogP contribution in [-0.4, -0.2) is 42.3 Å². The van der Waals surface area contributed by atoms with Crippen LogP contribution >= 0.6 is 0 Å². The van der Waals surface area contributed by atoms with E-state index in [2.05, 4.69) is 5.32 Å². The normalized spacial score (nSPS) is 25.3. The van der Waals surface area contributed by atoms with E-state index in [0.29, 0.717) is 19.1 Å². The highest BCUT2D eigenvalue weighted by atomic mass is 16.4. The third kappa shape index (κ3) is 1.39. The number of carbonyl (C=O) groups is 1. The van der Waals surface area contributed by atoms with Crippen LogP contribution < -0.4 is 5.32 Å². The van der Waals surface area contributed by atoms with Crippen molar-refractivity contribution in [1.29, 1.82) is 0 Å². The largest absolute Gasteiger partial charge is 0.465 e. The number of rotatable bonds is 1. The molecule has 0 saturated carbocycles. The van der Waals surface area contributed by atoms with Crippen LogP contribution in [0.5, 0.6) is 0 Å². The minimum Gasteiger partial charge on any atom is -0.465 e. The topological polar surface area (TPSA) is 52.6 Å². The van der Waals surface area contributed by atoms with Crippen LogP contribution in [0.4, 0.5) is 4.79 Å². The van der Waals surface area contributed by atoms with Crippen LogP contribution in [0.2, 0.25) is 0 Å². The third-order valence-corrected chi connectivity index (χ3v) is 1.87. The molecule has 0 spiro atoms. The first-order chi connectivity index (χ1) is 4.74. The van der Waals surface area contributed by atoms with Crippen LogP contribution in [0.3, 0.4) is 0 Å². The number of amides is 1. The van der Waals surface area contributed by atoms with Crippen molar-refractivity contribution in [3.8, 4) is 0 Å². The van der Waals surface area contributed by atoms with E-state index in [-0.39, 0.29) is 0 Å². The van der Waals surface area contributed by atoms with Gasteiger partial charge in [-0.25, -0.2) is 4.79 Å². The van der Waals surface area contributed by atoms with Gasteiger partial charge in [0.25, 0.3) is 0 Å². The highest BCUT2D eigenvalue weighted by Crippen LogP contribution is 2.07. The highest BCUT2D eigenvalue weighted by Gasteiger charge is 2.23. The summed E-state index contributed by atoms with van der Waals surface area (Å²) in [6, 6.07) is 0.357. The third-order valence-electron chi connectivity index (χ3n) is 1.87. The predicted octanol–water partition coefficient (Wildman–Crippen LogP) is -0.0419. The Morgan fingerprint density at radius 2 is 2.50 bits per heavy atom. The van der Waals surface area contributed by atoms with Gasteiger partial charge in [0.05, 0.1) is 0 Å². The first-order valence-electron chi connectivity index (χ1n) is 3.39. The quantitative estimate of drug-likeness (QED) is 0.543. The van der Waals surface area contributed by atoms with Gasteiger partial charge in [-0.15, -0.1) is 0 Å². The maximum absolute atomic E-state index is 10.4. The zero-order valence-electron chi connectivity index (χ0n) is 6.00. The van der Waals surface area contributed by atoms with Crippen LogP contribution in [-0.2, 0) is 0 Å². The number of likely N-dealkylation sites (N-methyl/N-ethyl adjacent to an activating group) is 1. The summed E-state index contributed by atoms with van der Waals surface area (Å²) in [6.07, 6.45) is 0.126. The molecule has 0 aromatic carbocycles. The fraction of sp³-hybridized carbons (Fsp3) is 0.833. The summed E-state index contributed by atoms with van der Waals surface area (Å²) in [5.41, 5.74) is 0. The molecule has 0 aromatic heterocycles. The van der Waals surface area contributed by atoms with Crippen LogP contribution in [0.1, 0.15) is 6.42 Å². The fourth-order valence-electron chi connectivity index (χ4n) is 1.17. The minimum atomic E-state index is -0.808. The Bertz CT molecular complexity index is 138. The average Bonchev–Trinajstić information content (AvgIpc) is 2.34. The number of likely N-dealkylation sites (tertiary alicyclic amines) is 1. The molecule has 1 rings (SSSR count). The molecule has 1 aliphatic heterocycles. The lowest BCUT2D eigenvalue weighted by atomic mass is 10.3. The fourth-order valence-corrected chi connectivity index (χ4v) is 1.17. The molecule has 0 bridgehead atoms. The Labute approximate surface area is 59.8 Å². The van der Waals surface area contributed by atoms with Gasteiger partial charge in [0.1, 0.15) is 0 Å². The summed E-state index contributed by atoms with van der Waals surface area (Å²) in [4.78, 5) is 11.8. The number of hydrogen-bond acceptors (Lipinski definition) is 2. The first-order valence-corrected chi connectivity index (χ1v) is 3.39. The number of nitrogens with one attached hydrogen (secondary N) is 1. The van der Waals surface area contributed by atoms with Crippen molar-refractivity contribution in [2.45, 2.75) is 12.5 Å². The number of carboxylic acid groups (broad SMARTS) is 1. The zero-order chi connectivity index (χ0) is 7.56. The van der Waals surface area contributed by atoms with Crippen LogP contribution in [0, 0.1) is 0 Å². The van der Waals surface area contributed by atoms with Crippen molar-refractivity contribution in [2.24, 2.45) is 0 Å². The molecule has 1 unspecified atom stereocenters. The van der Waals surface area contributed by atoms with Gasteiger partial charge >= 0.3 is 6.09 Å². The van der Waals surface area contributed by atoms with Crippen molar-refractivity contribution in [1.82, 2.24) is 10.2 Å². The van der Waals surface area contributed by atoms with Crippen molar-refractivity contribution >= 4 is 6.09 Å². The van der Waals surface area contributed by atoms with Gasteiger partial charge in [0, 0.05) is 19.1 Å². The van der Waals surface area contributed by atoms with Crippen LogP contribution in [0.15, 0.2) is 0 Å². The molecule has 0 radical (unpaired) electrons. The van der Waals surface area contributed by atoms with E-state index >= 15 is 0 Å². The summed E-state index contributed by atoms with van der Waals surface area (Å²) >= 11 is 0. The second-order valence-electron chi connectivity index (χ2n) is 2.50. The molecule has 1 amide bonds. The SMILES string of the molecule is CNC1CCN(C(=O)O)C1. The lowest BCUT2D eigenvalue weighted by molar-refractivity contribution is 0.155. The van der Waals surface area contributed by atoms with E-state index in [1.807, 2.05) is 7.05 Å². The van der Waals surface area contributed by atoms with Gasteiger partial charge < -0.3 is 15.3 Å². The monoisotopic (exact) mass is 144 g/mol. The van der Waals surface area contributed by atoms with E-state index in [1.165, 1.54) is 4.90 Å². The molecule has 58 valence electrons. The Hall–Kier alpha value is -0.770. The summed E-state index contributed by atoms with van der Waals surface area (Å²) < 4.78 is 0. The molecular formula is C6H12N2O2. The van der Waals surface area contributed by atoms with E-state index in [4.69, 9.17) is 5.11 Å².